The molecule has 29 heavy (non-hydrogen) atoms. The lowest BCUT2D eigenvalue weighted by Crippen LogP contribution is -2.26. The van der Waals surface area contributed by atoms with Crippen LogP contribution >= 0.6 is 0 Å². The maximum Gasteiger partial charge on any atom is 0.264 e. The maximum absolute atomic E-state index is 12.8. The van der Waals surface area contributed by atoms with Crippen molar-refractivity contribution in [1.82, 2.24) is 0 Å². The van der Waals surface area contributed by atoms with E-state index in [1.807, 2.05) is 13.0 Å². The third-order valence-corrected chi connectivity index (χ3v) is 6.33. The van der Waals surface area contributed by atoms with E-state index in [1.165, 1.54) is 18.5 Å². The number of aryl methyl sites for hydroxylation is 1. The second-order valence-electron chi connectivity index (χ2n) is 6.49. The van der Waals surface area contributed by atoms with E-state index in [9.17, 15) is 13.2 Å². The Labute approximate surface area is 170 Å². The van der Waals surface area contributed by atoms with Gasteiger partial charge in [-0.3, -0.25) is 9.10 Å². The fourth-order valence-corrected chi connectivity index (χ4v) is 3.97. The van der Waals surface area contributed by atoms with E-state index >= 15 is 0 Å². The quantitative estimate of drug-likeness (QED) is 0.664. The molecule has 0 radical (unpaired) electrons. The van der Waals surface area contributed by atoms with Crippen LogP contribution < -0.4 is 14.4 Å². The average molecular weight is 410 g/mol. The Morgan fingerprint density at radius 3 is 2.17 bits per heavy atom. The van der Waals surface area contributed by atoms with Crippen LogP contribution in [0, 0.1) is 6.92 Å². The highest BCUT2D eigenvalue weighted by Crippen LogP contribution is 2.25. The number of rotatable bonds is 6. The molecular weight excluding hydrogens is 388 g/mol. The van der Waals surface area contributed by atoms with Gasteiger partial charge in [0.1, 0.15) is 5.75 Å². The van der Waals surface area contributed by atoms with Crippen molar-refractivity contribution in [1.29, 1.82) is 0 Å². The molecule has 0 aliphatic heterocycles. The number of anilines is 2. The number of sulfonamides is 1. The molecule has 0 bridgehead atoms. The lowest BCUT2D eigenvalue weighted by molar-refractivity contribution is 0.102. The number of hydrogen-bond donors (Lipinski definition) is 1. The highest BCUT2D eigenvalue weighted by atomic mass is 32.2. The van der Waals surface area contributed by atoms with E-state index in [0.717, 1.165) is 5.56 Å². The van der Waals surface area contributed by atoms with Crippen LogP contribution in [0.25, 0.3) is 0 Å². The zero-order valence-electron chi connectivity index (χ0n) is 16.4. The Balaban J connectivity index is 1.78. The van der Waals surface area contributed by atoms with E-state index in [4.69, 9.17) is 4.74 Å². The summed E-state index contributed by atoms with van der Waals surface area (Å²) in [5.74, 6) is 0.242. The van der Waals surface area contributed by atoms with E-state index < -0.39 is 10.0 Å². The summed E-state index contributed by atoms with van der Waals surface area (Å²) in [4.78, 5) is 12.7. The summed E-state index contributed by atoms with van der Waals surface area (Å²) in [6, 6.07) is 20.1. The molecule has 0 saturated carbocycles. The van der Waals surface area contributed by atoms with Crippen LogP contribution in [0.3, 0.4) is 0 Å². The Morgan fingerprint density at radius 2 is 1.55 bits per heavy atom. The number of carbonyl (C=O) groups excluding carboxylic acids is 1. The van der Waals surface area contributed by atoms with Crippen molar-refractivity contribution in [3.63, 3.8) is 0 Å². The van der Waals surface area contributed by atoms with Gasteiger partial charge in [-0.2, -0.15) is 0 Å². The summed E-state index contributed by atoms with van der Waals surface area (Å²) in [7, 11) is -0.666. The molecule has 0 aliphatic carbocycles. The van der Waals surface area contributed by atoms with Gasteiger partial charge in [0.15, 0.2) is 0 Å². The van der Waals surface area contributed by atoms with E-state index in [2.05, 4.69) is 5.32 Å². The van der Waals surface area contributed by atoms with Crippen molar-refractivity contribution in [3.05, 3.63) is 83.9 Å². The molecule has 3 rings (SSSR count). The number of ether oxygens (including phenoxy) is 1. The van der Waals surface area contributed by atoms with Gasteiger partial charge in [-0.15, -0.1) is 0 Å². The molecule has 0 saturated heterocycles. The van der Waals surface area contributed by atoms with Gasteiger partial charge in [0.2, 0.25) is 0 Å². The van der Waals surface area contributed by atoms with Gasteiger partial charge < -0.3 is 10.1 Å². The predicted octanol–water partition coefficient (Wildman–Crippen LogP) is 4.08. The summed E-state index contributed by atoms with van der Waals surface area (Å²) in [6.07, 6.45) is 0. The SMILES string of the molecule is COc1ccccc1NC(=O)c1ccc(N(C)S(=O)(=O)c2ccc(C)cc2)cc1. The maximum atomic E-state index is 12.8. The number of hydrogen-bond acceptors (Lipinski definition) is 4. The average Bonchev–Trinajstić information content (AvgIpc) is 2.74. The topological polar surface area (TPSA) is 75.7 Å². The zero-order valence-corrected chi connectivity index (χ0v) is 17.2. The van der Waals surface area contributed by atoms with Crippen molar-refractivity contribution in [2.45, 2.75) is 11.8 Å². The van der Waals surface area contributed by atoms with Gasteiger partial charge in [-0.25, -0.2) is 8.42 Å². The van der Waals surface area contributed by atoms with Crippen molar-refractivity contribution >= 4 is 27.3 Å². The summed E-state index contributed by atoms with van der Waals surface area (Å²) in [5, 5.41) is 2.79. The van der Waals surface area contributed by atoms with Gasteiger partial charge in [-0.05, 0) is 55.5 Å². The molecule has 1 amide bonds. The predicted molar refractivity (Wildman–Crippen MR) is 114 cm³/mol. The van der Waals surface area contributed by atoms with E-state index in [-0.39, 0.29) is 10.8 Å². The molecule has 0 aliphatic rings. The summed E-state index contributed by atoms with van der Waals surface area (Å²) in [5.41, 5.74) is 2.40. The number of benzene rings is 3. The summed E-state index contributed by atoms with van der Waals surface area (Å²) in [6.45, 7) is 1.90. The Hall–Kier alpha value is -3.32. The number of methoxy groups -OCH3 is 1. The van der Waals surface area contributed by atoms with Crippen LogP contribution in [-0.4, -0.2) is 28.5 Å². The monoisotopic (exact) mass is 410 g/mol. The largest absolute Gasteiger partial charge is 0.495 e. The minimum absolute atomic E-state index is 0.212. The molecule has 0 unspecified atom stereocenters. The summed E-state index contributed by atoms with van der Waals surface area (Å²) < 4.78 is 32.0. The lowest BCUT2D eigenvalue weighted by Gasteiger charge is -2.20. The second kappa shape index (κ2) is 8.36. The van der Waals surface area contributed by atoms with Crippen molar-refractivity contribution in [2.24, 2.45) is 0 Å². The minimum Gasteiger partial charge on any atom is -0.495 e. The molecular formula is C22H22N2O4S. The Kier molecular flexibility index (Phi) is 5.89. The molecule has 3 aromatic rings. The molecule has 0 spiro atoms. The third-order valence-electron chi connectivity index (χ3n) is 4.53. The molecule has 7 heteroatoms. The molecule has 1 N–H and O–H groups in total. The summed E-state index contributed by atoms with van der Waals surface area (Å²) >= 11 is 0. The highest BCUT2D eigenvalue weighted by molar-refractivity contribution is 7.92. The standard InChI is InChI=1S/C22H22N2O4S/c1-16-8-14-19(15-9-16)29(26,27)24(2)18-12-10-17(11-13-18)22(25)23-20-6-4-5-7-21(20)28-3/h4-15H,1-3H3,(H,23,25). The smallest absolute Gasteiger partial charge is 0.264 e. The molecule has 0 atom stereocenters. The number of amides is 1. The van der Waals surface area contributed by atoms with Gasteiger partial charge >= 0.3 is 0 Å². The fraction of sp³-hybridized carbons (Fsp3) is 0.136. The van der Waals surface area contributed by atoms with Crippen molar-refractivity contribution in [3.8, 4) is 5.75 Å². The molecule has 6 nitrogen and oxygen atoms in total. The van der Waals surface area contributed by atoms with Gasteiger partial charge in [0.25, 0.3) is 15.9 Å². The minimum atomic E-state index is -3.68. The normalized spacial score (nSPS) is 11.0. The van der Waals surface area contributed by atoms with E-state index in [1.54, 1.807) is 66.7 Å². The number of nitrogens with one attached hydrogen (secondary N) is 1. The molecule has 0 aromatic heterocycles. The molecule has 0 heterocycles. The third kappa shape index (κ3) is 4.41. The van der Waals surface area contributed by atoms with Crippen molar-refractivity contribution < 1.29 is 17.9 Å². The van der Waals surface area contributed by atoms with Gasteiger partial charge in [-0.1, -0.05) is 29.8 Å². The Morgan fingerprint density at radius 1 is 0.931 bits per heavy atom. The first-order valence-corrected chi connectivity index (χ1v) is 10.4. The number of para-hydroxylation sites is 2. The van der Waals surface area contributed by atoms with Crippen LogP contribution in [0.5, 0.6) is 5.75 Å². The Bertz CT molecular complexity index is 1110. The van der Waals surface area contributed by atoms with Gasteiger partial charge in [0, 0.05) is 12.6 Å². The first-order chi connectivity index (χ1) is 13.8. The van der Waals surface area contributed by atoms with Crippen LogP contribution in [0.1, 0.15) is 15.9 Å². The van der Waals surface area contributed by atoms with Crippen LogP contribution in [-0.2, 0) is 10.0 Å². The number of carbonyl (C=O) groups is 1. The molecule has 0 fully saturated rings. The van der Waals surface area contributed by atoms with Crippen LogP contribution in [0.4, 0.5) is 11.4 Å². The second-order valence-corrected chi connectivity index (χ2v) is 8.46. The van der Waals surface area contributed by atoms with Crippen LogP contribution in [0.15, 0.2) is 77.7 Å². The highest BCUT2D eigenvalue weighted by Gasteiger charge is 2.21. The van der Waals surface area contributed by atoms with E-state index in [0.29, 0.717) is 22.7 Å². The lowest BCUT2D eigenvalue weighted by atomic mass is 10.2. The zero-order chi connectivity index (χ0) is 21.0. The first kappa shape index (κ1) is 20.4. The van der Waals surface area contributed by atoms with Gasteiger partial charge in [0.05, 0.1) is 23.4 Å². The number of nitrogens with zero attached hydrogens (tertiary/aromatic N) is 1. The van der Waals surface area contributed by atoms with Crippen LogP contribution in [0.2, 0.25) is 0 Å². The van der Waals surface area contributed by atoms with Crippen molar-refractivity contribution in [2.75, 3.05) is 23.8 Å². The fourth-order valence-electron chi connectivity index (χ4n) is 2.77. The first-order valence-electron chi connectivity index (χ1n) is 8.93. The molecule has 3 aromatic carbocycles. The molecule has 150 valence electrons.